The number of unbranched alkanes of at least 4 members (excludes halogenated alkanes) is 58. The van der Waals surface area contributed by atoms with E-state index in [1.807, 2.05) is 0 Å². The van der Waals surface area contributed by atoms with E-state index in [9.17, 15) is 19.8 Å². The fourth-order valence-corrected chi connectivity index (χ4v) is 12.3. The van der Waals surface area contributed by atoms with Gasteiger partial charge in [-0.25, -0.2) is 0 Å². The molecule has 0 rings (SSSR count). The van der Waals surface area contributed by atoms with Gasteiger partial charge in [0.05, 0.1) is 25.4 Å². The zero-order valence-corrected chi connectivity index (χ0v) is 57.2. The van der Waals surface area contributed by atoms with Gasteiger partial charge in [-0.1, -0.05) is 372 Å². The lowest BCUT2D eigenvalue weighted by Gasteiger charge is -2.22. The van der Waals surface area contributed by atoms with Gasteiger partial charge in [0.1, 0.15) is 0 Å². The Morgan fingerprint density at radius 1 is 0.321 bits per heavy atom. The summed E-state index contributed by atoms with van der Waals surface area (Å²) in [6.45, 7) is 4.99. The molecule has 2 atom stereocenters. The van der Waals surface area contributed by atoms with Crippen LogP contribution in [0.2, 0.25) is 0 Å². The second kappa shape index (κ2) is 73.8. The summed E-state index contributed by atoms with van der Waals surface area (Å²) in [7, 11) is 0. The molecule has 0 saturated carbocycles. The van der Waals surface area contributed by atoms with E-state index in [1.165, 1.54) is 366 Å². The summed E-state index contributed by atoms with van der Waals surface area (Å²) in [5.74, 6) is -0.00927. The molecule has 0 aliphatic carbocycles. The average molecular weight is 1180 g/mol. The highest BCUT2D eigenvalue weighted by atomic mass is 16.5. The first-order valence-electron chi connectivity index (χ1n) is 38.6. The highest BCUT2D eigenvalue weighted by Crippen LogP contribution is 2.19. The highest BCUT2D eigenvalue weighted by Gasteiger charge is 2.20. The van der Waals surface area contributed by atoms with Crippen molar-refractivity contribution in [3.8, 4) is 0 Å². The van der Waals surface area contributed by atoms with Crippen LogP contribution in [-0.4, -0.2) is 47.4 Å². The van der Waals surface area contributed by atoms with Gasteiger partial charge >= 0.3 is 5.97 Å². The Morgan fingerprint density at radius 3 is 0.845 bits per heavy atom. The van der Waals surface area contributed by atoms with Gasteiger partial charge in [-0.05, 0) is 77.0 Å². The summed E-state index contributed by atoms with van der Waals surface area (Å²) in [4.78, 5) is 24.6. The minimum Gasteiger partial charge on any atom is -0.466 e. The Labute approximate surface area is 526 Å². The first-order valence-corrected chi connectivity index (χ1v) is 38.6. The van der Waals surface area contributed by atoms with E-state index >= 15 is 0 Å². The molecule has 498 valence electrons. The minimum absolute atomic E-state index is 0.0192. The van der Waals surface area contributed by atoms with Crippen molar-refractivity contribution in [1.29, 1.82) is 0 Å². The van der Waals surface area contributed by atoms with E-state index in [2.05, 4.69) is 43.5 Å². The molecule has 6 nitrogen and oxygen atoms in total. The quantitative estimate of drug-likeness (QED) is 0.0320. The number of rotatable bonds is 73. The first-order chi connectivity index (χ1) is 41.5. The Hall–Kier alpha value is -1.66. The molecule has 0 aliphatic heterocycles. The van der Waals surface area contributed by atoms with Crippen molar-refractivity contribution in [3.05, 3.63) is 24.3 Å². The van der Waals surface area contributed by atoms with Crippen LogP contribution in [0, 0.1) is 0 Å². The predicted octanol–water partition coefficient (Wildman–Crippen LogP) is 25.3. The summed E-state index contributed by atoms with van der Waals surface area (Å²) in [6.07, 6.45) is 94.0. The number of aliphatic hydroxyl groups is 2. The van der Waals surface area contributed by atoms with Crippen LogP contribution in [0.3, 0.4) is 0 Å². The third-order valence-electron chi connectivity index (χ3n) is 18.2. The number of amides is 1. The Morgan fingerprint density at radius 2 is 0.560 bits per heavy atom. The lowest BCUT2D eigenvalue weighted by atomic mass is 10.0. The molecule has 2 unspecified atom stereocenters. The summed E-state index contributed by atoms with van der Waals surface area (Å²) in [5.41, 5.74) is 0. The number of allylic oxidation sites excluding steroid dienone is 4. The molecular weight excluding hydrogens is 1030 g/mol. The van der Waals surface area contributed by atoms with Crippen molar-refractivity contribution in [2.75, 3.05) is 13.2 Å². The van der Waals surface area contributed by atoms with Gasteiger partial charge in [-0.3, -0.25) is 9.59 Å². The molecule has 0 saturated heterocycles. The zero-order valence-electron chi connectivity index (χ0n) is 57.2. The van der Waals surface area contributed by atoms with Crippen molar-refractivity contribution in [1.82, 2.24) is 5.32 Å². The summed E-state index contributed by atoms with van der Waals surface area (Å²) in [5, 5.41) is 23.4. The Bertz CT molecular complexity index is 1320. The normalized spacial score (nSPS) is 12.6. The van der Waals surface area contributed by atoms with Crippen LogP contribution in [0.1, 0.15) is 438 Å². The molecule has 0 radical (unpaired) electrons. The van der Waals surface area contributed by atoms with Crippen molar-refractivity contribution < 1.29 is 24.5 Å². The zero-order chi connectivity index (χ0) is 60.6. The van der Waals surface area contributed by atoms with Crippen molar-refractivity contribution in [2.24, 2.45) is 0 Å². The molecule has 3 N–H and O–H groups in total. The monoisotopic (exact) mass is 1180 g/mol. The number of hydrogen-bond donors (Lipinski definition) is 3. The van der Waals surface area contributed by atoms with Gasteiger partial charge in [0.15, 0.2) is 0 Å². The smallest absolute Gasteiger partial charge is 0.305 e. The molecule has 6 heteroatoms. The number of ether oxygens (including phenoxy) is 1. The van der Waals surface area contributed by atoms with Gasteiger partial charge in [-0.2, -0.15) is 0 Å². The van der Waals surface area contributed by atoms with Gasteiger partial charge in [0.2, 0.25) is 5.91 Å². The second-order valence-electron chi connectivity index (χ2n) is 26.7. The minimum atomic E-state index is -0.662. The maximum absolute atomic E-state index is 12.5. The van der Waals surface area contributed by atoms with E-state index in [4.69, 9.17) is 4.74 Å². The van der Waals surface area contributed by atoms with Crippen LogP contribution in [0.15, 0.2) is 24.3 Å². The van der Waals surface area contributed by atoms with E-state index < -0.39 is 12.1 Å². The SMILES string of the molecule is CCCCCCCC/C=C\CCCCCCCCCCCC(=O)OCCCCCCCCCCCCCC/C=C\CCCCCCCCCCCCCCCCCCCC(=O)NC(CO)C(O)CCCCCCCCCCCCCCCCC. The van der Waals surface area contributed by atoms with Gasteiger partial charge in [0, 0.05) is 12.8 Å². The first kappa shape index (κ1) is 82.3. The molecule has 0 spiro atoms. The van der Waals surface area contributed by atoms with Crippen molar-refractivity contribution in [3.63, 3.8) is 0 Å². The molecule has 0 bridgehead atoms. The van der Waals surface area contributed by atoms with Crippen LogP contribution in [0.5, 0.6) is 0 Å². The topological polar surface area (TPSA) is 95.9 Å². The summed E-state index contributed by atoms with van der Waals surface area (Å²) in [6, 6.07) is -0.539. The van der Waals surface area contributed by atoms with E-state index in [0.29, 0.717) is 25.9 Å². The number of nitrogens with one attached hydrogen (secondary N) is 1. The molecule has 84 heavy (non-hydrogen) atoms. The number of carbonyl (C=O) groups is 2. The highest BCUT2D eigenvalue weighted by molar-refractivity contribution is 5.76. The van der Waals surface area contributed by atoms with E-state index in [0.717, 1.165) is 38.5 Å². The number of carbonyl (C=O) groups excluding carboxylic acids is 2. The Kier molecular flexibility index (Phi) is 72.3. The van der Waals surface area contributed by atoms with Crippen LogP contribution in [-0.2, 0) is 14.3 Å². The van der Waals surface area contributed by atoms with Gasteiger partial charge in [0.25, 0.3) is 0 Å². The van der Waals surface area contributed by atoms with Crippen LogP contribution >= 0.6 is 0 Å². The third kappa shape index (κ3) is 69.4. The summed E-state index contributed by atoms with van der Waals surface area (Å²) >= 11 is 0. The lowest BCUT2D eigenvalue weighted by Crippen LogP contribution is -2.45. The fourth-order valence-electron chi connectivity index (χ4n) is 12.3. The molecule has 1 amide bonds. The number of aliphatic hydroxyl groups excluding tert-OH is 2. The maximum Gasteiger partial charge on any atom is 0.305 e. The number of hydrogen-bond acceptors (Lipinski definition) is 5. The maximum atomic E-state index is 12.5. The summed E-state index contributed by atoms with van der Waals surface area (Å²) < 4.78 is 5.52. The molecular formula is C78H151NO5. The van der Waals surface area contributed by atoms with E-state index in [1.54, 1.807) is 0 Å². The second-order valence-corrected chi connectivity index (χ2v) is 26.7. The largest absolute Gasteiger partial charge is 0.466 e. The standard InChI is InChI=1S/C78H151NO5/c1-3-5-7-9-11-13-15-17-19-20-36-40-44-48-52-56-60-64-68-72-78(83)84-73-69-65-61-57-53-49-45-41-38-35-33-31-29-27-25-23-21-22-24-26-28-30-32-34-37-39-43-47-51-55-59-63-67-71-77(82)79-75(74-80)76(81)70-66-62-58-54-50-46-42-18-16-14-12-10-8-6-4-2/h17,19,25,27,75-76,80-81H,3-16,18,20-24,26,28-74H2,1-2H3,(H,79,82)/b19-17-,27-25-. The lowest BCUT2D eigenvalue weighted by molar-refractivity contribution is -0.143. The van der Waals surface area contributed by atoms with Gasteiger partial charge in [-0.15, -0.1) is 0 Å². The van der Waals surface area contributed by atoms with Crippen molar-refractivity contribution in [2.45, 2.75) is 450 Å². The molecule has 0 aromatic heterocycles. The Balaban J connectivity index is 3.33. The molecule has 0 aromatic carbocycles. The van der Waals surface area contributed by atoms with Crippen LogP contribution in [0.4, 0.5) is 0 Å². The molecule has 0 heterocycles. The van der Waals surface area contributed by atoms with E-state index in [-0.39, 0.29) is 18.5 Å². The predicted molar refractivity (Wildman–Crippen MR) is 370 cm³/mol. The average Bonchev–Trinajstić information content (AvgIpc) is 3.53. The number of esters is 1. The van der Waals surface area contributed by atoms with Crippen LogP contribution in [0.25, 0.3) is 0 Å². The third-order valence-corrected chi connectivity index (χ3v) is 18.2. The molecule has 0 fully saturated rings. The van der Waals surface area contributed by atoms with Gasteiger partial charge < -0.3 is 20.3 Å². The fraction of sp³-hybridized carbons (Fsp3) is 0.923. The molecule has 0 aromatic rings. The van der Waals surface area contributed by atoms with Crippen LogP contribution < -0.4 is 5.32 Å². The van der Waals surface area contributed by atoms with Crippen molar-refractivity contribution >= 4 is 11.9 Å². The molecule has 0 aliphatic rings.